The summed E-state index contributed by atoms with van der Waals surface area (Å²) in [7, 11) is 0. The smallest absolute Gasteiger partial charge is 0.235 e. The lowest BCUT2D eigenvalue weighted by molar-refractivity contribution is -0.136. The minimum atomic E-state index is -0.758. The second kappa shape index (κ2) is 5.29. The van der Waals surface area contributed by atoms with Crippen molar-refractivity contribution in [2.45, 2.75) is 26.7 Å². The lowest BCUT2D eigenvalue weighted by atomic mass is 9.91. The van der Waals surface area contributed by atoms with E-state index in [1.165, 1.54) is 11.1 Å². The number of hydrogen-bond donors (Lipinski definition) is 1. The molecule has 0 bridgehead atoms. The fourth-order valence-electron chi connectivity index (χ4n) is 2.37. The fourth-order valence-corrected chi connectivity index (χ4v) is 2.46. The topological polar surface area (TPSA) is 46.3 Å². The average molecular weight is 276 g/mol. The van der Waals surface area contributed by atoms with Gasteiger partial charge in [-0.2, -0.15) is 0 Å². The number of rotatable bonds is 2. The van der Waals surface area contributed by atoms with Crippen LogP contribution in [0.25, 0.3) is 0 Å². The van der Waals surface area contributed by atoms with Gasteiger partial charge in [-0.3, -0.25) is 4.79 Å². The Morgan fingerprint density at radius 1 is 1.21 bits per heavy atom. The maximum absolute atomic E-state index is 12.5. The molecule has 3 nitrogen and oxygen atoms in total. The molecule has 1 heterocycles. The standard InChI is InChI=1S/C15H20N2OS/c1-15(2,13(16)19)14(18)17-9-7-11-5-3-4-6-12(11)8-10-17/h3-6H,7-10H2,1-2H3,(H2,16,19). The van der Waals surface area contributed by atoms with Crippen LogP contribution >= 0.6 is 12.2 Å². The van der Waals surface area contributed by atoms with Gasteiger partial charge in [-0.15, -0.1) is 0 Å². The minimum absolute atomic E-state index is 0.0350. The van der Waals surface area contributed by atoms with Crippen molar-refractivity contribution in [3.63, 3.8) is 0 Å². The summed E-state index contributed by atoms with van der Waals surface area (Å²) >= 11 is 5.01. The Bertz CT molecular complexity index is 484. The highest BCUT2D eigenvalue weighted by Gasteiger charge is 2.35. The second-order valence-corrected chi connectivity index (χ2v) is 5.99. The van der Waals surface area contributed by atoms with Gasteiger partial charge in [-0.25, -0.2) is 0 Å². The van der Waals surface area contributed by atoms with Crippen LogP contribution in [-0.2, 0) is 17.6 Å². The van der Waals surface area contributed by atoms with Gasteiger partial charge in [-0.1, -0.05) is 36.5 Å². The maximum Gasteiger partial charge on any atom is 0.235 e. The van der Waals surface area contributed by atoms with Crippen LogP contribution in [0.5, 0.6) is 0 Å². The number of carbonyl (C=O) groups excluding carboxylic acids is 1. The Labute approximate surface area is 119 Å². The van der Waals surface area contributed by atoms with Crippen LogP contribution in [0.1, 0.15) is 25.0 Å². The summed E-state index contributed by atoms with van der Waals surface area (Å²) in [6.45, 7) is 5.08. The molecule has 0 spiro atoms. The number of thiocarbonyl (C=S) groups is 1. The van der Waals surface area contributed by atoms with E-state index in [0.717, 1.165) is 25.9 Å². The zero-order valence-corrected chi connectivity index (χ0v) is 12.3. The molecule has 0 aliphatic carbocycles. The van der Waals surface area contributed by atoms with E-state index in [4.69, 9.17) is 18.0 Å². The van der Waals surface area contributed by atoms with Gasteiger partial charge in [0.2, 0.25) is 5.91 Å². The average Bonchev–Trinajstić information content (AvgIpc) is 2.60. The summed E-state index contributed by atoms with van der Waals surface area (Å²) in [4.78, 5) is 14.7. The molecule has 2 rings (SSSR count). The number of nitrogens with two attached hydrogens (primary N) is 1. The minimum Gasteiger partial charge on any atom is -0.392 e. The predicted molar refractivity (Wildman–Crippen MR) is 81.0 cm³/mol. The van der Waals surface area contributed by atoms with Crippen molar-refractivity contribution in [1.29, 1.82) is 0 Å². The largest absolute Gasteiger partial charge is 0.392 e. The molecule has 4 heteroatoms. The van der Waals surface area contributed by atoms with E-state index in [-0.39, 0.29) is 10.9 Å². The Morgan fingerprint density at radius 2 is 1.68 bits per heavy atom. The molecular weight excluding hydrogens is 256 g/mol. The Kier molecular flexibility index (Phi) is 3.90. The zero-order valence-electron chi connectivity index (χ0n) is 11.5. The maximum atomic E-state index is 12.5. The van der Waals surface area contributed by atoms with Gasteiger partial charge in [0, 0.05) is 13.1 Å². The highest BCUT2D eigenvalue weighted by atomic mass is 32.1. The Balaban J connectivity index is 2.14. The number of nitrogens with zero attached hydrogens (tertiary/aromatic N) is 1. The Morgan fingerprint density at radius 3 is 2.11 bits per heavy atom. The second-order valence-electron chi connectivity index (χ2n) is 5.55. The van der Waals surface area contributed by atoms with Crippen molar-refractivity contribution >= 4 is 23.1 Å². The molecule has 1 aliphatic heterocycles. The van der Waals surface area contributed by atoms with Crippen LogP contribution in [0.15, 0.2) is 24.3 Å². The summed E-state index contributed by atoms with van der Waals surface area (Å²) in [6.07, 6.45) is 1.80. The molecule has 0 saturated carbocycles. The first-order chi connectivity index (χ1) is 8.93. The van der Waals surface area contributed by atoms with E-state index in [0.29, 0.717) is 0 Å². The monoisotopic (exact) mass is 276 g/mol. The molecule has 1 aromatic carbocycles. The first kappa shape index (κ1) is 14.0. The van der Waals surface area contributed by atoms with Crippen LogP contribution < -0.4 is 5.73 Å². The van der Waals surface area contributed by atoms with E-state index in [9.17, 15) is 4.79 Å². The molecule has 1 aliphatic rings. The number of carbonyl (C=O) groups is 1. The quantitative estimate of drug-likeness (QED) is 0.840. The highest BCUT2D eigenvalue weighted by molar-refractivity contribution is 7.80. The Hall–Kier alpha value is -1.42. The van der Waals surface area contributed by atoms with Crippen molar-refractivity contribution in [3.8, 4) is 0 Å². The van der Waals surface area contributed by atoms with Crippen molar-refractivity contribution < 1.29 is 4.79 Å². The third-order valence-electron chi connectivity index (χ3n) is 3.86. The van der Waals surface area contributed by atoms with Crippen LogP contribution in [-0.4, -0.2) is 28.9 Å². The van der Waals surface area contributed by atoms with Gasteiger partial charge < -0.3 is 10.6 Å². The third kappa shape index (κ3) is 2.78. The van der Waals surface area contributed by atoms with Gasteiger partial charge in [0.1, 0.15) is 0 Å². The van der Waals surface area contributed by atoms with Gasteiger partial charge in [0.25, 0.3) is 0 Å². The summed E-state index contributed by atoms with van der Waals surface area (Å²) in [6, 6.07) is 8.38. The number of amides is 1. The normalized spacial score (nSPS) is 15.6. The van der Waals surface area contributed by atoms with Crippen LogP contribution in [0, 0.1) is 5.41 Å². The van der Waals surface area contributed by atoms with Crippen molar-refractivity contribution in [2.75, 3.05) is 13.1 Å². The van der Waals surface area contributed by atoms with Gasteiger partial charge >= 0.3 is 0 Å². The molecule has 0 radical (unpaired) electrons. The van der Waals surface area contributed by atoms with E-state index < -0.39 is 5.41 Å². The lowest BCUT2D eigenvalue weighted by Gasteiger charge is -2.30. The van der Waals surface area contributed by atoms with Crippen molar-refractivity contribution in [1.82, 2.24) is 4.90 Å². The molecular formula is C15H20N2OS. The van der Waals surface area contributed by atoms with Gasteiger partial charge in [0.05, 0.1) is 10.4 Å². The molecule has 0 aromatic heterocycles. The van der Waals surface area contributed by atoms with Crippen molar-refractivity contribution in [3.05, 3.63) is 35.4 Å². The molecule has 0 saturated heterocycles. The first-order valence-electron chi connectivity index (χ1n) is 6.59. The zero-order chi connectivity index (χ0) is 14.0. The number of fused-ring (bicyclic) bond motifs is 1. The molecule has 2 N–H and O–H groups in total. The first-order valence-corrected chi connectivity index (χ1v) is 7.00. The number of benzene rings is 1. The predicted octanol–water partition coefficient (Wildman–Crippen LogP) is 1.93. The fraction of sp³-hybridized carbons (Fsp3) is 0.467. The van der Waals surface area contributed by atoms with Crippen molar-refractivity contribution in [2.24, 2.45) is 11.1 Å². The van der Waals surface area contributed by atoms with Crippen LogP contribution in [0.2, 0.25) is 0 Å². The van der Waals surface area contributed by atoms with Gasteiger partial charge in [0.15, 0.2) is 0 Å². The molecule has 0 unspecified atom stereocenters. The SMILES string of the molecule is CC(C)(C(=O)N1CCc2ccccc2CC1)C(N)=S. The summed E-state index contributed by atoms with van der Waals surface area (Å²) < 4.78 is 0. The van der Waals surface area contributed by atoms with Crippen LogP contribution in [0.3, 0.4) is 0 Å². The molecule has 1 aromatic rings. The van der Waals surface area contributed by atoms with E-state index in [1.807, 2.05) is 4.90 Å². The molecule has 0 atom stereocenters. The van der Waals surface area contributed by atoms with Crippen LogP contribution in [0.4, 0.5) is 0 Å². The number of hydrogen-bond acceptors (Lipinski definition) is 2. The molecule has 102 valence electrons. The molecule has 1 amide bonds. The molecule has 0 fully saturated rings. The summed E-state index contributed by atoms with van der Waals surface area (Å²) in [5.41, 5.74) is 7.60. The van der Waals surface area contributed by atoms with E-state index in [1.54, 1.807) is 13.8 Å². The lowest BCUT2D eigenvalue weighted by Crippen LogP contribution is -2.48. The summed E-state index contributed by atoms with van der Waals surface area (Å²) in [5.74, 6) is 0.0350. The summed E-state index contributed by atoms with van der Waals surface area (Å²) in [5, 5.41) is 0. The van der Waals surface area contributed by atoms with Gasteiger partial charge in [-0.05, 0) is 37.8 Å². The van der Waals surface area contributed by atoms with E-state index in [2.05, 4.69) is 24.3 Å². The highest BCUT2D eigenvalue weighted by Crippen LogP contribution is 2.22. The van der Waals surface area contributed by atoms with E-state index >= 15 is 0 Å². The molecule has 19 heavy (non-hydrogen) atoms. The third-order valence-corrected chi connectivity index (χ3v) is 4.37.